The number of hydrogen-bond donors (Lipinski definition) is 1. The predicted molar refractivity (Wildman–Crippen MR) is 72.7 cm³/mol. The van der Waals surface area contributed by atoms with Crippen LogP contribution in [0.25, 0.3) is 0 Å². The van der Waals surface area contributed by atoms with Gasteiger partial charge in [0.2, 0.25) is 0 Å². The zero-order chi connectivity index (χ0) is 13.1. The summed E-state index contributed by atoms with van der Waals surface area (Å²) in [7, 11) is 0. The molecular weight excluding hydrogens is 240 g/mol. The van der Waals surface area contributed by atoms with Crippen molar-refractivity contribution in [2.24, 2.45) is 0 Å². The molecule has 100 valence electrons. The summed E-state index contributed by atoms with van der Waals surface area (Å²) in [4.78, 5) is 15.5. The number of fused-ring (bicyclic) bond motifs is 1. The monoisotopic (exact) mass is 258 g/mol. The smallest absolute Gasteiger partial charge is 0.147 e. The Morgan fingerprint density at radius 2 is 2.26 bits per heavy atom. The first-order valence-corrected chi connectivity index (χ1v) is 6.63. The number of rotatable bonds is 4. The van der Waals surface area contributed by atoms with Crippen molar-refractivity contribution in [3.8, 4) is 0 Å². The van der Waals surface area contributed by atoms with Crippen molar-refractivity contribution in [1.29, 1.82) is 0 Å². The van der Waals surface area contributed by atoms with Crippen LogP contribution in [0, 0.1) is 0 Å². The first-order valence-electron chi connectivity index (χ1n) is 6.63. The molecule has 6 heteroatoms. The molecule has 3 rings (SSSR count). The topological polar surface area (TPSA) is 58.9 Å². The summed E-state index contributed by atoms with van der Waals surface area (Å²) in [5.74, 6) is 2.02. The highest BCUT2D eigenvalue weighted by Crippen LogP contribution is 2.17. The van der Waals surface area contributed by atoms with E-state index in [9.17, 15) is 0 Å². The fourth-order valence-corrected chi connectivity index (χ4v) is 2.25. The van der Waals surface area contributed by atoms with Crippen LogP contribution in [0.2, 0.25) is 0 Å². The Morgan fingerprint density at radius 3 is 3.16 bits per heavy atom. The second-order valence-electron chi connectivity index (χ2n) is 4.61. The molecule has 0 atom stereocenters. The molecule has 0 amide bonds. The van der Waals surface area contributed by atoms with Crippen molar-refractivity contribution in [2.75, 3.05) is 18.0 Å². The lowest BCUT2D eigenvalue weighted by Crippen LogP contribution is -2.34. The van der Waals surface area contributed by atoms with Crippen molar-refractivity contribution in [3.63, 3.8) is 0 Å². The van der Waals surface area contributed by atoms with E-state index in [1.807, 2.05) is 24.8 Å². The van der Waals surface area contributed by atoms with E-state index in [0.717, 1.165) is 50.1 Å². The summed E-state index contributed by atoms with van der Waals surface area (Å²) < 4.78 is 2.19. The summed E-state index contributed by atoms with van der Waals surface area (Å²) in [6.07, 6.45) is 7.52. The van der Waals surface area contributed by atoms with Gasteiger partial charge in [0, 0.05) is 38.2 Å². The SMILES string of the molecule is CCNCc1cncc(N2CCn3ccnc3C2)n1. The van der Waals surface area contributed by atoms with Gasteiger partial charge in [-0.15, -0.1) is 0 Å². The number of hydrogen-bond acceptors (Lipinski definition) is 5. The van der Waals surface area contributed by atoms with Gasteiger partial charge in [0.05, 0.1) is 18.4 Å². The minimum absolute atomic E-state index is 0.764. The van der Waals surface area contributed by atoms with E-state index in [0.29, 0.717) is 0 Å². The third kappa shape index (κ3) is 2.58. The van der Waals surface area contributed by atoms with Crippen LogP contribution in [0.4, 0.5) is 5.82 Å². The van der Waals surface area contributed by atoms with Crippen molar-refractivity contribution >= 4 is 5.82 Å². The van der Waals surface area contributed by atoms with Crippen LogP contribution in [-0.2, 0) is 19.6 Å². The summed E-state index contributed by atoms with van der Waals surface area (Å²) in [6, 6.07) is 0. The first-order chi connectivity index (χ1) is 9.36. The molecule has 1 aliphatic rings. The summed E-state index contributed by atoms with van der Waals surface area (Å²) >= 11 is 0. The molecule has 3 heterocycles. The molecule has 2 aromatic rings. The van der Waals surface area contributed by atoms with Gasteiger partial charge in [-0.2, -0.15) is 0 Å². The second kappa shape index (κ2) is 5.36. The number of nitrogens with one attached hydrogen (secondary N) is 1. The van der Waals surface area contributed by atoms with E-state index in [4.69, 9.17) is 0 Å². The Morgan fingerprint density at radius 1 is 1.32 bits per heavy atom. The van der Waals surface area contributed by atoms with Crippen molar-refractivity contribution < 1.29 is 0 Å². The van der Waals surface area contributed by atoms with E-state index in [-0.39, 0.29) is 0 Å². The maximum absolute atomic E-state index is 4.66. The molecule has 0 bridgehead atoms. The molecule has 6 nitrogen and oxygen atoms in total. The highest BCUT2D eigenvalue weighted by molar-refractivity contribution is 5.37. The highest BCUT2D eigenvalue weighted by Gasteiger charge is 2.18. The third-order valence-corrected chi connectivity index (χ3v) is 3.30. The standard InChI is InChI=1S/C13H18N6/c1-2-14-7-11-8-15-9-12(17-11)19-6-5-18-4-3-16-13(18)10-19/h3-4,8-9,14H,2,5-7,10H2,1H3. The Bertz CT molecular complexity index is 550. The van der Waals surface area contributed by atoms with Gasteiger partial charge in [-0.1, -0.05) is 6.92 Å². The lowest BCUT2D eigenvalue weighted by atomic mass is 10.3. The molecule has 0 aromatic carbocycles. The van der Waals surface area contributed by atoms with Gasteiger partial charge < -0.3 is 14.8 Å². The van der Waals surface area contributed by atoms with Crippen molar-refractivity contribution in [3.05, 3.63) is 36.3 Å². The Labute approximate surface area is 112 Å². The molecule has 0 fully saturated rings. The summed E-state index contributed by atoms with van der Waals surface area (Å²) in [5.41, 5.74) is 0.980. The zero-order valence-corrected chi connectivity index (χ0v) is 11.1. The normalized spacial score (nSPS) is 14.5. The van der Waals surface area contributed by atoms with Crippen LogP contribution in [0.5, 0.6) is 0 Å². The molecule has 0 unspecified atom stereocenters. The molecule has 1 aliphatic heterocycles. The molecule has 19 heavy (non-hydrogen) atoms. The second-order valence-corrected chi connectivity index (χ2v) is 4.61. The molecule has 0 saturated carbocycles. The van der Waals surface area contributed by atoms with E-state index >= 15 is 0 Å². The zero-order valence-electron chi connectivity index (χ0n) is 11.1. The van der Waals surface area contributed by atoms with Crippen LogP contribution in [-0.4, -0.2) is 32.6 Å². The molecule has 0 radical (unpaired) electrons. The van der Waals surface area contributed by atoms with Crippen LogP contribution in [0.1, 0.15) is 18.4 Å². The minimum Gasteiger partial charge on any atom is -0.346 e. The van der Waals surface area contributed by atoms with Gasteiger partial charge in [-0.3, -0.25) is 4.98 Å². The maximum Gasteiger partial charge on any atom is 0.147 e. The average molecular weight is 258 g/mol. The Kier molecular flexibility index (Phi) is 3.41. The average Bonchev–Trinajstić information content (AvgIpc) is 2.92. The van der Waals surface area contributed by atoms with Crippen molar-refractivity contribution in [1.82, 2.24) is 24.8 Å². The molecule has 1 N–H and O–H groups in total. The molecular formula is C13H18N6. The fraction of sp³-hybridized carbons (Fsp3) is 0.462. The summed E-state index contributed by atoms with van der Waals surface area (Å²) in [5, 5.41) is 3.27. The highest BCUT2D eigenvalue weighted by atomic mass is 15.3. The van der Waals surface area contributed by atoms with Crippen LogP contribution >= 0.6 is 0 Å². The van der Waals surface area contributed by atoms with Crippen LogP contribution in [0.15, 0.2) is 24.8 Å². The Balaban J connectivity index is 1.76. The third-order valence-electron chi connectivity index (χ3n) is 3.30. The van der Waals surface area contributed by atoms with E-state index in [1.165, 1.54) is 0 Å². The number of aromatic nitrogens is 4. The van der Waals surface area contributed by atoms with E-state index in [2.05, 4.69) is 36.7 Å². The lowest BCUT2D eigenvalue weighted by molar-refractivity contribution is 0.554. The van der Waals surface area contributed by atoms with Gasteiger partial charge in [0.15, 0.2) is 0 Å². The minimum atomic E-state index is 0.764. The van der Waals surface area contributed by atoms with Gasteiger partial charge in [0.1, 0.15) is 11.6 Å². The fourth-order valence-electron chi connectivity index (χ4n) is 2.25. The Hall–Kier alpha value is -1.95. The van der Waals surface area contributed by atoms with Crippen LogP contribution < -0.4 is 10.2 Å². The van der Waals surface area contributed by atoms with Gasteiger partial charge >= 0.3 is 0 Å². The molecule has 0 saturated heterocycles. The quantitative estimate of drug-likeness (QED) is 0.879. The molecule has 0 spiro atoms. The maximum atomic E-state index is 4.66. The lowest BCUT2D eigenvalue weighted by Gasteiger charge is -2.28. The molecule has 0 aliphatic carbocycles. The summed E-state index contributed by atoms with van der Waals surface area (Å²) in [6.45, 7) is 6.48. The predicted octanol–water partition coefficient (Wildman–Crippen LogP) is 0.803. The number of anilines is 1. The van der Waals surface area contributed by atoms with Gasteiger partial charge in [0.25, 0.3) is 0 Å². The number of nitrogens with zero attached hydrogens (tertiary/aromatic N) is 5. The van der Waals surface area contributed by atoms with E-state index in [1.54, 1.807) is 0 Å². The first kappa shape index (κ1) is 12.1. The van der Waals surface area contributed by atoms with E-state index < -0.39 is 0 Å². The van der Waals surface area contributed by atoms with Gasteiger partial charge in [-0.25, -0.2) is 9.97 Å². The number of imidazole rings is 1. The largest absolute Gasteiger partial charge is 0.346 e. The van der Waals surface area contributed by atoms with Crippen molar-refractivity contribution in [2.45, 2.75) is 26.6 Å². The molecule has 2 aromatic heterocycles. The van der Waals surface area contributed by atoms with Crippen LogP contribution in [0.3, 0.4) is 0 Å². The van der Waals surface area contributed by atoms with Gasteiger partial charge in [-0.05, 0) is 6.54 Å².